The van der Waals surface area contributed by atoms with Crippen molar-refractivity contribution in [3.05, 3.63) is 57.9 Å². The van der Waals surface area contributed by atoms with Crippen LogP contribution < -0.4 is 10.1 Å². The summed E-state index contributed by atoms with van der Waals surface area (Å²) in [7, 11) is 1.67. The summed E-state index contributed by atoms with van der Waals surface area (Å²) in [4.78, 5) is 2.70. The van der Waals surface area contributed by atoms with E-state index in [0.29, 0.717) is 0 Å². The van der Waals surface area contributed by atoms with Crippen molar-refractivity contribution in [2.45, 2.75) is 20.0 Å². The third-order valence-electron chi connectivity index (χ3n) is 3.51. The molecule has 4 nitrogen and oxygen atoms in total. The van der Waals surface area contributed by atoms with Crippen molar-refractivity contribution >= 4 is 23.7 Å². The Bertz CT molecular complexity index is 736. The van der Waals surface area contributed by atoms with Gasteiger partial charge in [-0.3, -0.25) is 5.10 Å². The first-order valence-electron chi connectivity index (χ1n) is 7.19. The van der Waals surface area contributed by atoms with Crippen LogP contribution in [0.4, 0.5) is 0 Å². The molecule has 6 heteroatoms. The van der Waals surface area contributed by atoms with Crippen molar-refractivity contribution < 1.29 is 4.74 Å². The van der Waals surface area contributed by atoms with Gasteiger partial charge in [-0.1, -0.05) is 0 Å². The number of thiophene rings is 1. The van der Waals surface area contributed by atoms with Crippen LogP contribution >= 0.6 is 23.7 Å². The van der Waals surface area contributed by atoms with Crippen molar-refractivity contribution in [1.82, 2.24) is 15.5 Å². The smallest absolute Gasteiger partial charge is 0.118 e. The van der Waals surface area contributed by atoms with Crippen LogP contribution in [0.5, 0.6) is 5.75 Å². The number of methoxy groups -OCH3 is 1. The number of aryl methyl sites for hydroxylation is 1. The summed E-state index contributed by atoms with van der Waals surface area (Å²) in [5, 5.41) is 10.7. The molecule has 2 heterocycles. The zero-order valence-electron chi connectivity index (χ0n) is 13.1. The molecule has 0 amide bonds. The Morgan fingerprint density at radius 2 is 1.91 bits per heavy atom. The Balaban J connectivity index is 0.00000192. The molecule has 0 aliphatic rings. The Labute approximate surface area is 146 Å². The molecule has 0 aliphatic heterocycles. The molecule has 0 bridgehead atoms. The lowest BCUT2D eigenvalue weighted by Gasteiger charge is -2.06. The molecule has 0 fully saturated rings. The first-order valence-corrected chi connectivity index (χ1v) is 8.00. The monoisotopic (exact) mass is 349 g/mol. The highest BCUT2D eigenvalue weighted by molar-refractivity contribution is 7.11. The molecule has 0 spiro atoms. The van der Waals surface area contributed by atoms with Gasteiger partial charge >= 0.3 is 0 Å². The quantitative estimate of drug-likeness (QED) is 0.702. The number of hydrogen-bond donors (Lipinski definition) is 2. The van der Waals surface area contributed by atoms with E-state index < -0.39 is 0 Å². The number of hydrogen-bond acceptors (Lipinski definition) is 4. The second kappa shape index (κ2) is 8.15. The van der Waals surface area contributed by atoms with Crippen LogP contribution in [-0.2, 0) is 13.1 Å². The number of nitrogens with zero attached hydrogens (tertiary/aromatic N) is 1. The summed E-state index contributed by atoms with van der Waals surface area (Å²) in [5.41, 5.74) is 3.33. The Morgan fingerprint density at radius 3 is 2.57 bits per heavy atom. The number of aromatic amines is 1. The Morgan fingerprint density at radius 1 is 1.13 bits per heavy atom. The molecule has 0 saturated carbocycles. The van der Waals surface area contributed by atoms with Crippen LogP contribution in [0.1, 0.15) is 15.3 Å². The zero-order chi connectivity index (χ0) is 15.4. The van der Waals surface area contributed by atoms with Gasteiger partial charge in [0.1, 0.15) is 5.75 Å². The fourth-order valence-corrected chi connectivity index (χ4v) is 3.21. The molecule has 1 aromatic carbocycles. The van der Waals surface area contributed by atoms with Crippen molar-refractivity contribution in [3.8, 4) is 17.0 Å². The zero-order valence-corrected chi connectivity index (χ0v) is 14.8. The van der Waals surface area contributed by atoms with Gasteiger partial charge in [-0.25, -0.2) is 0 Å². The lowest BCUT2D eigenvalue weighted by molar-refractivity contribution is 0.415. The molecular formula is C17H20ClN3OS. The van der Waals surface area contributed by atoms with Gasteiger partial charge < -0.3 is 10.1 Å². The van der Waals surface area contributed by atoms with Crippen molar-refractivity contribution in [2.75, 3.05) is 7.11 Å². The van der Waals surface area contributed by atoms with E-state index in [4.69, 9.17) is 4.74 Å². The van der Waals surface area contributed by atoms with Gasteiger partial charge in [0.25, 0.3) is 0 Å². The van der Waals surface area contributed by atoms with Crippen molar-refractivity contribution in [3.63, 3.8) is 0 Å². The fourth-order valence-electron chi connectivity index (χ4n) is 2.35. The summed E-state index contributed by atoms with van der Waals surface area (Å²) < 4.78 is 5.20. The van der Waals surface area contributed by atoms with E-state index >= 15 is 0 Å². The SMILES string of the molecule is COc1ccc(-c2[nH]ncc2CNCc2ccc(C)s2)cc1.Cl. The Kier molecular flexibility index (Phi) is 6.21. The first kappa shape index (κ1) is 17.5. The summed E-state index contributed by atoms with van der Waals surface area (Å²) in [5.74, 6) is 0.857. The van der Waals surface area contributed by atoms with Crippen LogP contribution in [0.2, 0.25) is 0 Å². The molecule has 0 aliphatic carbocycles. The standard InChI is InChI=1S/C17H19N3OS.ClH/c1-12-3-8-16(22-12)11-18-9-14-10-19-20-17(14)13-4-6-15(21-2)7-5-13;/h3-8,10,18H,9,11H2,1-2H3,(H,19,20);1H. The maximum absolute atomic E-state index is 5.20. The predicted octanol–water partition coefficient (Wildman–Crippen LogP) is 4.17. The predicted molar refractivity (Wildman–Crippen MR) is 97.4 cm³/mol. The average Bonchev–Trinajstić information content (AvgIpc) is 3.17. The van der Waals surface area contributed by atoms with Crippen LogP contribution in [0, 0.1) is 6.92 Å². The van der Waals surface area contributed by atoms with E-state index in [-0.39, 0.29) is 12.4 Å². The number of halogens is 1. The molecule has 2 N–H and O–H groups in total. The number of rotatable bonds is 6. The van der Waals surface area contributed by atoms with Crippen LogP contribution in [0.15, 0.2) is 42.6 Å². The number of benzene rings is 1. The number of aromatic nitrogens is 2. The third kappa shape index (κ3) is 4.34. The maximum Gasteiger partial charge on any atom is 0.118 e. The summed E-state index contributed by atoms with van der Waals surface area (Å²) in [6.07, 6.45) is 1.88. The summed E-state index contributed by atoms with van der Waals surface area (Å²) >= 11 is 1.83. The highest BCUT2D eigenvalue weighted by atomic mass is 35.5. The van der Waals surface area contributed by atoms with Gasteiger partial charge in [-0.2, -0.15) is 5.10 Å². The number of nitrogens with one attached hydrogen (secondary N) is 2. The van der Waals surface area contributed by atoms with Crippen molar-refractivity contribution in [2.24, 2.45) is 0 Å². The topological polar surface area (TPSA) is 49.9 Å². The average molecular weight is 350 g/mol. The summed E-state index contributed by atoms with van der Waals surface area (Å²) in [6, 6.07) is 12.3. The molecule has 0 unspecified atom stereocenters. The van der Waals surface area contributed by atoms with Crippen LogP contribution in [-0.4, -0.2) is 17.3 Å². The molecule has 3 aromatic rings. The highest BCUT2D eigenvalue weighted by Crippen LogP contribution is 2.23. The van der Waals surface area contributed by atoms with Gasteiger partial charge in [0.2, 0.25) is 0 Å². The maximum atomic E-state index is 5.20. The first-order chi connectivity index (χ1) is 10.8. The fraction of sp³-hybridized carbons (Fsp3) is 0.235. The second-order valence-electron chi connectivity index (χ2n) is 5.11. The van der Waals surface area contributed by atoms with Gasteiger partial charge in [0, 0.05) is 34.0 Å². The van der Waals surface area contributed by atoms with E-state index in [9.17, 15) is 0 Å². The van der Waals surface area contributed by atoms with E-state index in [1.807, 2.05) is 41.8 Å². The van der Waals surface area contributed by atoms with Crippen LogP contribution in [0.3, 0.4) is 0 Å². The van der Waals surface area contributed by atoms with E-state index in [1.54, 1.807) is 7.11 Å². The molecular weight excluding hydrogens is 330 g/mol. The third-order valence-corrected chi connectivity index (χ3v) is 4.51. The second-order valence-corrected chi connectivity index (χ2v) is 6.49. The molecule has 3 rings (SSSR count). The van der Waals surface area contributed by atoms with E-state index in [0.717, 1.165) is 30.1 Å². The van der Waals surface area contributed by atoms with Gasteiger partial charge in [0.15, 0.2) is 0 Å². The molecule has 0 atom stereocenters. The largest absolute Gasteiger partial charge is 0.497 e. The van der Waals surface area contributed by atoms with Gasteiger partial charge in [-0.15, -0.1) is 23.7 Å². The normalized spacial score (nSPS) is 10.3. The highest BCUT2D eigenvalue weighted by Gasteiger charge is 2.08. The Hall–Kier alpha value is -1.82. The minimum atomic E-state index is 0. The minimum Gasteiger partial charge on any atom is -0.497 e. The molecule has 2 aromatic heterocycles. The molecule has 122 valence electrons. The van der Waals surface area contributed by atoms with Gasteiger partial charge in [0.05, 0.1) is 19.0 Å². The lowest BCUT2D eigenvalue weighted by atomic mass is 10.1. The number of H-pyrrole nitrogens is 1. The summed E-state index contributed by atoms with van der Waals surface area (Å²) in [6.45, 7) is 3.80. The molecule has 23 heavy (non-hydrogen) atoms. The van der Waals surface area contributed by atoms with E-state index in [1.165, 1.54) is 15.3 Å². The number of ether oxygens (including phenoxy) is 1. The minimum absolute atomic E-state index is 0. The van der Waals surface area contributed by atoms with Gasteiger partial charge in [-0.05, 0) is 43.3 Å². The van der Waals surface area contributed by atoms with E-state index in [2.05, 4.69) is 34.6 Å². The van der Waals surface area contributed by atoms with Crippen molar-refractivity contribution in [1.29, 1.82) is 0 Å². The molecule has 0 radical (unpaired) electrons. The van der Waals surface area contributed by atoms with Crippen LogP contribution in [0.25, 0.3) is 11.3 Å². The molecule has 0 saturated heterocycles. The lowest BCUT2D eigenvalue weighted by Crippen LogP contribution is -2.11.